The second-order valence-electron chi connectivity index (χ2n) is 7.50. The summed E-state index contributed by atoms with van der Waals surface area (Å²) in [6.45, 7) is 5.02. The van der Waals surface area contributed by atoms with Crippen molar-refractivity contribution in [1.82, 2.24) is 0 Å². The Bertz CT molecular complexity index is 941. The van der Waals surface area contributed by atoms with Crippen LogP contribution in [0.5, 0.6) is 17.2 Å². The minimum Gasteiger partial charge on any atom is -0.492 e. The van der Waals surface area contributed by atoms with Crippen molar-refractivity contribution in [2.24, 2.45) is 0 Å². The molecule has 0 bridgehead atoms. The van der Waals surface area contributed by atoms with Gasteiger partial charge >= 0.3 is 0 Å². The van der Waals surface area contributed by atoms with Crippen LogP contribution >= 0.6 is 0 Å². The Balaban J connectivity index is 1.37. The van der Waals surface area contributed by atoms with Gasteiger partial charge in [0.1, 0.15) is 23.4 Å². The van der Waals surface area contributed by atoms with Gasteiger partial charge in [-0.3, -0.25) is 9.59 Å². The third-order valence-corrected chi connectivity index (χ3v) is 5.16. The maximum absolute atomic E-state index is 12.4. The van der Waals surface area contributed by atoms with Gasteiger partial charge < -0.3 is 24.4 Å². The number of nitrogens with zero attached hydrogens (tertiary/aromatic N) is 1. The number of benzene rings is 2. The van der Waals surface area contributed by atoms with Crippen molar-refractivity contribution in [3.8, 4) is 17.2 Å². The van der Waals surface area contributed by atoms with Crippen LogP contribution in [0.3, 0.4) is 0 Å². The van der Waals surface area contributed by atoms with E-state index in [4.69, 9.17) is 14.2 Å². The first kappa shape index (κ1) is 20.1. The van der Waals surface area contributed by atoms with Gasteiger partial charge in [-0.1, -0.05) is 0 Å². The van der Waals surface area contributed by atoms with Crippen LogP contribution in [0.2, 0.25) is 0 Å². The molecule has 2 aromatic carbocycles. The van der Waals surface area contributed by atoms with E-state index >= 15 is 0 Å². The summed E-state index contributed by atoms with van der Waals surface area (Å²) in [6.07, 6.45) is 2.41. The highest BCUT2D eigenvalue weighted by molar-refractivity contribution is 5.95. The second kappa shape index (κ2) is 8.65. The van der Waals surface area contributed by atoms with Gasteiger partial charge in [-0.2, -0.15) is 0 Å². The number of hydrogen-bond acceptors (Lipinski definition) is 5. The number of hydrogen-bond donors (Lipinski definition) is 1. The Hall–Kier alpha value is -3.22. The number of nitrogens with one attached hydrogen (secondary N) is 1. The average molecular weight is 410 g/mol. The Kier molecular flexibility index (Phi) is 5.79. The molecule has 1 fully saturated rings. The van der Waals surface area contributed by atoms with E-state index in [-0.39, 0.29) is 24.5 Å². The fourth-order valence-corrected chi connectivity index (χ4v) is 3.79. The topological polar surface area (TPSA) is 77.1 Å². The van der Waals surface area contributed by atoms with E-state index < -0.39 is 0 Å². The van der Waals surface area contributed by atoms with Crippen LogP contribution < -0.4 is 24.4 Å². The molecule has 1 N–H and O–H groups in total. The summed E-state index contributed by atoms with van der Waals surface area (Å²) < 4.78 is 17.1. The van der Waals surface area contributed by atoms with Crippen LogP contribution in [0.25, 0.3) is 0 Å². The van der Waals surface area contributed by atoms with Gasteiger partial charge in [0, 0.05) is 36.7 Å². The smallest absolute Gasteiger partial charge is 0.262 e. The van der Waals surface area contributed by atoms with Crippen LogP contribution in [0.15, 0.2) is 36.4 Å². The van der Waals surface area contributed by atoms with E-state index in [9.17, 15) is 9.59 Å². The summed E-state index contributed by atoms with van der Waals surface area (Å²) in [5.41, 5.74) is 2.50. The molecule has 0 radical (unpaired) electrons. The van der Waals surface area contributed by atoms with E-state index in [0.717, 1.165) is 36.4 Å². The van der Waals surface area contributed by atoms with Crippen molar-refractivity contribution in [3.05, 3.63) is 42.0 Å². The highest BCUT2D eigenvalue weighted by Gasteiger charge is 2.23. The Morgan fingerprint density at radius 2 is 2.03 bits per heavy atom. The number of anilines is 2. The lowest BCUT2D eigenvalue weighted by Crippen LogP contribution is -2.23. The second-order valence-corrected chi connectivity index (χ2v) is 7.50. The molecule has 2 amide bonds. The molecule has 1 saturated heterocycles. The van der Waals surface area contributed by atoms with E-state index in [1.54, 1.807) is 17.0 Å². The Morgan fingerprint density at radius 3 is 2.73 bits per heavy atom. The van der Waals surface area contributed by atoms with Crippen molar-refractivity contribution >= 4 is 23.2 Å². The molecular weight excluding hydrogens is 384 g/mol. The normalized spacial score (nSPS) is 17.5. The molecule has 4 rings (SSSR count). The first-order valence-electron chi connectivity index (χ1n) is 10.3. The number of amides is 2. The zero-order valence-electron chi connectivity index (χ0n) is 17.3. The van der Waals surface area contributed by atoms with E-state index in [0.29, 0.717) is 30.2 Å². The lowest BCUT2D eigenvalue weighted by Gasteiger charge is -2.16. The van der Waals surface area contributed by atoms with Crippen molar-refractivity contribution in [2.45, 2.75) is 39.2 Å². The molecule has 7 heteroatoms. The number of rotatable bonds is 7. The van der Waals surface area contributed by atoms with Crippen LogP contribution in [-0.4, -0.2) is 37.7 Å². The van der Waals surface area contributed by atoms with Gasteiger partial charge in [0.2, 0.25) is 5.91 Å². The molecule has 7 nitrogen and oxygen atoms in total. The van der Waals surface area contributed by atoms with Gasteiger partial charge in [-0.15, -0.1) is 0 Å². The molecule has 30 heavy (non-hydrogen) atoms. The number of fused-ring (bicyclic) bond motifs is 1. The molecule has 0 aliphatic carbocycles. The predicted octanol–water partition coefficient (Wildman–Crippen LogP) is 3.55. The van der Waals surface area contributed by atoms with Crippen LogP contribution in [-0.2, 0) is 16.0 Å². The molecule has 2 aliphatic heterocycles. The molecular formula is C23H26N2O5. The molecule has 0 unspecified atom stereocenters. The van der Waals surface area contributed by atoms with Gasteiger partial charge in [-0.05, 0) is 50.6 Å². The molecule has 2 aliphatic rings. The highest BCUT2D eigenvalue weighted by atomic mass is 16.5. The summed E-state index contributed by atoms with van der Waals surface area (Å²) in [7, 11) is 0. The maximum atomic E-state index is 12.4. The minimum absolute atomic E-state index is 0.114. The van der Waals surface area contributed by atoms with E-state index in [1.807, 2.05) is 38.1 Å². The molecule has 2 aromatic rings. The SMILES string of the molecule is CCOc1cc2c(cc1NC(=O)COc1ccc(N3CCCC3=O)cc1)O[C@@H](C)C2. The monoisotopic (exact) mass is 410 g/mol. The fraction of sp³-hybridized carbons (Fsp3) is 0.391. The number of ether oxygens (including phenoxy) is 3. The molecule has 0 spiro atoms. The van der Waals surface area contributed by atoms with Gasteiger partial charge in [0.15, 0.2) is 6.61 Å². The molecule has 158 valence electrons. The molecule has 2 heterocycles. The lowest BCUT2D eigenvalue weighted by molar-refractivity contribution is -0.118. The summed E-state index contributed by atoms with van der Waals surface area (Å²) in [5, 5.41) is 2.85. The molecule has 1 atom stereocenters. The van der Waals surface area contributed by atoms with Crippen LogP contribution in [0, 0.1) is 0 Å². The summed E-state index contributed by atoms with van der Waals surface area (Å²) >= 11 is 0. The van der Waals surface area contributed by atoms with E-state index in [1.165, 1.54) is 0 Å². The average Bonchev–Trinajstić information content (AvgIpc) is 3.31. The van der Waals surface area contributed by atoms with Crippen LogP contribution in [0.4, 0.5) is 11.4 Å². The third-order valence-electron chi connectivity index (χ3n) is 5.16. The Labute approximate surface area is 175 Å². The quantitative estimate of drug-likeness (QED) is 0.755. The van der Waals surface area contributed by atoms with Gasteiger partial charge in [0.05, 0.1) is 12.3 Å². The zero-order chi connectivity index (χ0) is 21.1. The first-order valence-corrected chi connectivity index (χ1v) is 10.3. The third kappa shape index (κ3) is 4.35. The predicted molar refractivity (Wildman–Crippen MR) is 114 cm³/mol. The summed E-state index contributed by atoms with van der Waals surface area (Å²) in [5.74, 6) is 1.81. The summed E-state index contributed by atoms with van der Waals surface area (Å²) in [6, 6.07) is 10.9. The maximum Gasteiger partial charge on any atom is 0.262 e. The van der Waals surface area contributed by atoms with Crippen LogP contribution in [0.1, 0.15) is 32.3 Å². The van der Waals surface area contributed by atoms with Gasteiger partial charge in [0.25, 0.3) is 5.91 Å². The largest absolute Gasteiger partial charge is 0.492 e. The van der Waals surface area contributed by atoms with Crippen molar-refractivity contribution < 1.29 is 23.8 Å². The lowest BCUT2D eigenvalue weighted by atomic mass is 10.1. The van der Waals surface area contributed by atoms with Crippen molar-refractivity contribution in [2.75, 3.05) is 30.0 Å². The van der Waals surface area contributed by atoms with Crippen molar-refractivity contribution in [1.29, 1.82) is 0 Å². The fourth-order valence-electron chi connectivity index (χ4n) is 3.79. The van der Waals surface area contributed by atoms with E-state index in [2.05, 4.69) is 5.32 Å². The van der Waals surface area contributed by atoms with Crippen molar-refractivity contribution in [3.63, 3.8) is 0 Å². The Morgan fingerprint density at radius 1 is 1.23 bits per heavy atom. The number of carbonyl (C=O) groups excluding carboxylic acids is 2. The standard InChI is InChI=1S/C23H26N2O5/c1-3-28-21-12-16-11-15(2)30-20(16)13-19(21)24-22(26)14-29-18-8-6-17(7-9-18)25-10-4-5-23(25)27/h6-9,12-13,15H,3-5,10-11,14H2,1-2H3,(H,24,26)/t15-/m0/s1. The summed E-state index contributed by atoms with van der Waals surface area (Å²) in [4.78, 5) is 26.0. The molecule has 0 aromatic heterocycles. The molecule has 0 saturated carbocycles. The minimum atomic E-state index is -0.291. The number of carbonyl (C=O) groups is 2. The first-order chi connectivity index (χ1) is 14.5. The zero-order valence-corrected chi connectivity index (χ0v) is 17.3. The van der Waals surface area contributed by atoms with Gasteiger partial charge in [-0.25, -0.2) is 0 Å². The highest BCUT2D eigenvalue weighted by Crippen LogP contribution is 2.38.